The van der Waals surface area contributed by atoms with Gasteiger partial charge in [0.25, 0.3) is 0 Å². The lowest BCUT2D eigenvalue weighted by Gasteiger charge is -2.23. The molecule has 2 N–H and O–H groups in total. The second-order valence-electron chi connectivity index (χ2n) is 5.66. The third-order valence-electron chi connectivity index (χ3n) is 2.56. The number of alkyl carbamates (subject to hydrolysis) is 1. The molecule has 0 heterocycles. The number of hydrogen-bond donors (Lipinski definition) is 2. The minimum Gasteiger partial charge on any atom is -0.444 e. The van der Waals surface area contributed by atoms with Gasteiger partial charge in [-0.2, -0.15) is 11.8 Å². The van der Waals surface area contributed by atoms with E-state index in [1.807, 2.05) is 32.5 Å². The van der Waals surface area contributed by atoms with Crippen molar-refractivity contribution in [1.29, 1.82) is 0 Å². The van der Waals surface area contributed by atoms with Crippen LogP contribution in [0.3, 0.4) is 0 Å². The van der Waals surface area contributed by atoms with E-state index in [0.717, 1.165) is 19.5 Å². The molecule has 1 unspecified atom stereocenters. The molecule has 4 nitrogen and oxygen atoms in total. The molecule has 0 spiro atoms. The Morgan fingerprint density at radius 2 is 2.00 bits per heavy atom. The summed E-state index contributed by atoms with van der Waals surface area (Å²) in [5.41, 5.74) is -0.437. The van der Waals surface area contributed by atoms with Crippen LogP contribution in [0.1, 0.15) is 47.0 Å². The average Bonchev–Trinajstić information content (AvgIpc) is 2.29. The number of carbonyl (C=O) groups excluding carboxylic acids is 1. The zero-order valence-corrected chi connectivity index (χ0v) is 13.9. The summed E-state index contributed by atoms with van der Waals surface area (Å²) in [4.78, 5) is 11.6. The van der Waals surface area contributed by atoms with Crippen LogP contribution < -0.4 is 10.6 Å². The molecular weight excluding hydrogens is 260 g/mol. The van der Waals surface area contributed by atoms with Gasteiger partial charge < -0.3 is 15.4 Å². The van der Waals surface area contributed by atoms with Gasteiger partial charge in [-0.25, -0.2) is 4.79 Å². The Kier molecular flexibility index (Phi) is 10.1. The van der Waals surface area contributed by atoms with Crippen molar-refractivity contribution < 1.29 is 9.53 Å². The summed E-state index contributed by atoms with van der Waals surface area (Å²) in [6.07, 6.45) is 5.12. The monoisotopic (exact) mass is 290 g/mol. The molecule has 0 aliphatic rings. The van der Waals surface area contributed by atoms with E-state index in [-0.39, 0.29) is 12.1 Å². The van der Waals surface area contributed by atoms with Crippen molar-refractivity contribution in [3.8, 4) is 0 Å². The minimum atomic E-state index is -0.437. The fourth-order valence-electron chi connectivity index (χ4n) is 1.54. The molecule has 114 valence electrons. The van der Waals surface area contributed by atoms with Gasteiger partial charge in [-0.15, -0.1) is 0 Å². The fraction of sp³-hybridized carbons (Fsp3) is 0.929. The topological polar surface area (TPSA) is 50.4 Å². The van der Waals surface area contributed by atoms with Crippen molar-refractivity contribution in [3.63, 3.8) is 0 Å². The largest absolute Gasteiger partial charge is 0.444 e. The second kappa shape index (κ2) is 10.4. The van der Waals surface area contributed by atoms with Crippen LogP contribution in [-0.4, -0.2) is 42.8 Å². The van der Waals surface area contributed by atoms with Crippen molar-refractivity contribution in [2.45, 2.75) is 58.6 Å². The quantitative estimate of drug-likeness (QED) is 0.641. The molecular formula is C14H30N2O2S. The van der Waals surface area contributed by atoms with Crippen LogP contribution in [0.5, 0.6) is 0 Å². The number of ether oxygens (including phenoxy) is 1. The predicted octanol–water partition coefficient (Wildman–Crippen LogP) is 3.02. The zero-order valence-electron chi connectivity index (χ0n) is 13.0. The molecule has 0 fully saturated rings. The molecule has 0 saturated heterocycles. The lowest BCUT2D eigenvalue weighted by Crippen LogP contribution is -2.44. The van der Waals surface area contributed by atoms with E-state index in [0.29, 0.717) is 0 Å². The highest BCUT2D eigenvalue weighted by Crippen LogP contribution is 2.07. The van der Waals surface area contributed by atoms with Gasteiger partial charge in [-0.05, 0) is 58.6 Å². The highest BCUT2D eigenvalue weighted by atomic mass is 32.2. The number of thioether (sulfide) groups is 1. The smallest absolute Gasteiger partial charge is 0.407 e. The van der Waals surface area contributed by atoms with E-state index >= 15 is 0 Å². The molecule has 19 heavy (non-hydrogen) atoms. The van der Waals surface area contributed by atoms with Crippen LogP contribution in [0.25, 0.3) is 0 Å². The van der Waals surface area contributed by atoms with Crippen LogP contribution >= 0.6 is 11.8 Å². The first-order chi connectivity index (χ1) is 8.89. The van der Waals surface area contributed by atoms with Crippen LogP contribution in [-0.2, 0) is 4.74 Å². The van der Waals surface area contributed by atoms with Crippen molar-refractivity contribution in [3.05, 3.63) is 0 Å². The van der Waals surface area contributed by atoms with Gasteiger partial charge in [-0.3, -0.25) is 0 Å². The van der Waals surface area contributed by atoms with Gasteiger partial charge in [0.05, 0.1) is 0 Å². The Balaban J connectivity index is 3.73. The molecule has 0 aliphatic heterocycles. The summed E-state index contributed by atoms with van der Waals surface area (Å²) < 4.78 is 5.25. The molecule has 0 radical (unpaired) electrons. The molecule has 0 aliphatic carbocycles. The van der Waals surface area contributed by atoms with Crippen LogP contribution in [0, 0.1) is 0 Å². The third-order valence-corrected chi connectivity index (χ3v) is 3.25. The first-order valence-electron chi connectivity index (χ1n) is 7.08. The SMILES string of the molecule is CCC(CNCCCCSC)NC(=O)OC(C)(C)C. The van der Waals surface area contributed by atoms with E-state index in [4.69, 9.17) is 4.74 Å². The molecule has 0 bridgehead atoms. The summed E-state index contributed by atoms with van der Waals surface area (Å²) in [5.74, 6) is 1.22. The van der Waals surface area contributed by atoms with E-state index in [2.05, 4.69) is 23.8 Å². The van der Waals surface area contributed by atoms with E-state index in [1.54, 1.807) is 0 Å². The number of rotatable bonds is 9. The lowest BCUT2D eigenvalue weighted by atomic mass is 10.2. The Hall–Kier alpha value is -0.420. The van der Waals surface area contributed by atoms with Crippen LogP contribution in [0.2, 0.25) is 0 Å². The summed E-state index contributed by atoms with van der Waals surface area (Å²) in [5, 5.41) is 6.28. The standard InChI is InChI=1S/C14H30N2O2S/c1-6-12(11-15-9-7-8-10-19-5)16-13(17)18-14(2,3)4/h12,15H,6-11H2,1-5H3,(H,16,17). The van der Waals surface area contributed by atoms with Gasteiger partial charge in [0, 0.05) is 12.6 Å². The molecule has 0 saturated carbocycles. The number of unbranched alkanes of at least 4 members (excludes halogenated alkanes) is 1. The molecule has 0 rings (SSSR count). The van der Waals surface area contributed by atoms with Gasteiger partial charge in [0.2, 0.25) is 0 Å². The highest BCUT2D eigenvalue weighted by Gasteiger charge is 2.18. The highest BCUT2D eigenvalue weighted by molar-refractivity contribution is 7.98. The number of hydrogen-bond acceptors (Lipinski definition) is 4. The van der Waals surface area contributed by atoms with Gasteiger partial charge in [0.15, 0.2) is 0 Å². The number of nitrogens with one attached hydrogen (secondary N) is 2. The minimum absolute atomic E-state index is 0.135. The predicted molar refractivity (Wildman–Crippen MR) is 83.9 cm³/mol. The maximum Gasteiger partial charge on any atom is 0.407 e. The maximum atomic E-state index is 11.6. The fourth-order valence-corrected chi connectivity index (χ4v) is 2.04. The summed E-state index contributed by atoms with van der Waals surface area (Å²) in [6, 6.07) is 0.135. The summed E-state index contributed by atoms with van der Waals surface area (Å²) in [7, 11) is 0. The first-order valence-corrected chi connectivity index (χ1v) is 8.47. The molecule has 1 amide bonds. The molecule has 0 aromatic heterocycles. The number of carbonyl (C=O) groups is 1. The van der Waals surface area contributed by atoms with E-state index in [9.17, 15) is 4.79 Å². The van der Waals surface area contributed by atoms with Crippen molar-refractivity contribution in [1.82, 2.24) is 10.6 Å². The Labute approximate surface area is 122 Å². The Morgan fingerprint density at radius 1 is 1.32 bits per heavy atom. The lowest BCUT2D eigenvalue weighted by molar-refractivity contribution is 0.0502. The molecule has 0 aromatic carbocycles. The van der Waals surface area contributed by atoms with E-state index < -0.39 is 5.60 Å². The van der Waals surface area contributed by atoms with Crippen molar-refractivity contribution in [2.75, 3.05) is 25.1 Å². The molecule has 0 aromatic rings. The van der Waals surface area contributed by atoms with Crippen LogP contribution in [0.4, 0.5) is 4.79 Å². The van der Waals surface area contributed by atoms with Crippen LogP contribution in [0.15, 0.2) is 0 Å². The summed E-state index contributed by atoms with van der Waals surface area (Å²) in [6.45, 7) is 9.49. The van der Waals surface area contributed by atoms with Crippen molar-refractivity contribution >= 4 is 17.9 Å². The van der Waals surface area contributed by atoms with E-state index in [1.165, 1.54) is 18.6 Å². The van der Waals surface area contributed by atoms with Gasteiger partial charge >= 0.3 is 6.09 Å². The molecule has 1 atom stereocenters. The maximum absolute atomic E-state index is 11.6. The Morgan fingerprint density at radius 3 is 2.53 bits per heavy atom. The Bertz CT molecular complexity index is 242. The third kappa shape index (κ3) is 12.4. The van der Waals surface area contributed by atoms with Gasteiger partial charge in [0.1, 0.15) is 5.60 Å². The first kappa shape index (κ1) is 18.6. The second-order valence-corrected chi connectivity index (χ2v) is 6.64. The normalized spacial score (nSPS) is 13.1. The van der Waals surface area contributed by atoms with Crippen molar-refractivity contribution in [2.24, 2.45) is 0 Å². The summed E-state index contributed by atoms with van der Waals surface area (Å²) >= 11 is 1.88. The molecule has 5 heteroatoms. The zero-order chi connectivity index (χ0) is 14.7. The number of amides is 1. The van der Waals surface area contributed by atoms with Gasteiger partial charge in [-0.1, -0.05) is 6.92 Å². The average molecular weight is 290 g/mol.